The number of hydrogen-bond acceptors (Lipinski definition) is 5. The van der Waals surface area contributed by atoms with Crippen molar-refractivity contribution in [2.75, 3.05) is 0 Å². The van der Waals surface area contributed by atoms with Gasteiger partial charge in [-0.2, -0.15) is 5.26 Å². The standard InChI is InChI=1S/C30H29I2N3O2S/c31-22-14-21(28(25(32)15-22)37-18-20-12-10-19(16-33)11-13-20)17-34-30-27(24-8-4-5-9-26(24)38-30)29(36)35-23-6-2-1-3-7-23/h10-15,17,23H,1-9,18H2,(H,35,36). The molecule has 8 heteroatoms. The fourth-order valence-electron chi connectivity index (χ4n) is 5.17. The van der Waals surface area contributed by atoms with Crippen LogP contribution < -0.4 is 10.1 Å². The molecule has 1 amide bonds. The van der Waals surface area contributed by atoms with Crippen LogP contribution in [0.5, 0.6) is 5.75 Å². The van der Waals surface area contributed by atoms with Gasteiger partial charge < -0.3 is 10.1 Å². The van der Waals surface area contributed by atoms with Crippen molar-refractivity contribution in [3.63, 3.8) is 0 Å². The van der Waals surface area contributed by atoms with Crippen LogP contribution in [0.15, 0.2) is 41.4 Å². The molecule has 2 aliphatic carbocycles. The maximum atomic E-state index is 13.5. The molecule has 1 aromatic heterocycles. The van der Waals surface area contributed by atoms with Crippen LogP contribution in [0.2, 0.25) is 0 Å². The molecular weight excluding hydrogens is 720 g/mol. The third kappa shape index (κ3) is 6.59. The maximum absolute atomic E-state index is 13.5. The highest BCUT2D eigenvalue weighted by atomic mass is 127. The second-order valence-corrected chi connectivity index (χ2v) is 13.4. The highest BCUT2D eigenvalue weighted by molar-refractivity contribution is 14.1. The van der Waals surface area contributed by atoms with Gasteiger partial charge in [0.15, 0.2) is 0 Å². The summed E-state index contributed by atoms with van der Waals surface area (Å²) in [5.41, 5.74) is 4.50. The lowest BCUT2D eigenvalue weighted by molar-refractivity contribution is 0.0927. The maximum Gasteiger partial charge on any atom is 0.254 e. The second kappa shape index (κ2) is 12.9. The predicted molar refractivity (Wildman–Crippen MR) is 170 cm³/mol. The van der Waals surface area contributed by atoms with Crippen molar-refractivity contribution in [1.82, 2.24) is 5.32 Å². The summed E-state index contributed by atoms with van der Waals surface area (Å²) >= 11 is 6.28. The number of carbonyl (C=O) groups is 1. The summed E-state index contributed by atoms with van der Waals surface area (Å²) in [6.07, 6.45) is 11.9. The first-order valence-electron chi connectivity index (χ1n) is 13.1. The molecule has 0 aliphatic heterocycles. The van der Waals surface area contributed by atoms with Crippen molar-refractivity contribution < 1.29 is 9.53 Å². The second-order valence-electron chi connectivity index (χ2n) is 9.86. The van der Waals surface area contributed by atoms with Crippen molar-refractivity contribution in [3.05, 3.63) is 76.2 Å². The van der Waals surface area contributed by atoms with Crippen LogP contribution in [0.25, 0.3) is 0 Å². The lowest BCUT2D eigenvalue weighted by Crippen LogP contribution is -2.36. The van der Waals surface area contributed by atoms with Crippen LogP contribution in [0.4, 0.5) is 5.00 Å². The van der Waals surface area contributed by atoms with E-state index in [9.17, 15) is 4.79 Å². The summed E-state index contributed by atoms with van der Waals surface area (Å²) < 4.78 is 8.37. The minimum Gasteiger partial charge on any atom is -0.487 e. The highest BCUT2D eigenvalue weighted by Gasteiger charge is 2.27. The van der Waals surface area contributed by atoms with E-state index >= 15 is 0 Å². The zero-order valence-corrected chi connectivity index (χ0v) is 26.2. The number of hydrogen-bond donors (Lipinski definition) is 1. The SMILES string of the molecule is N#Cc1ccc(COc2c(I)cc(I)cc2C=Nc2sc3c(c2C(=O)NC2CCCCC2)CCCC3)cc1. The molecule has 0 saturated heterocycles. The van der Waals surface area contributed by atoms with Gasteiger partial charge in [-0.25, -0.2) is 4.99 Å². The summed E-state index contributed by atoms with van der Waals surface area (Å²) in [5.74, 6) is 0.812. The van der Waals surface area contributed by atoms with Gasteiger partial charge in [0.1, 0.15) is 17.4 Å². The van der Waals surface area contributed by atoms with Gasteiger partial charge in [-0.1, -0.05) is 31.4 Å². The smallest absolute Gasteiger partial charge is 0.254 e. The lowest BCUT2D eigenvalue weighted by Gasteiger charge is -2.23. The monoisotopic (exact) mass is 749 g/mol. The fourth-order valence-corrected chi connectivity index (χ4v) is 8.44. The quantitative estimate of drug-likeness (QED) is 0.196. The van der Waals surface area contributed by atoms with Gasteiger partial charge in [-0.05, 0) is 119 Å². The van der Waals surface area contributed by atoms with Crippen molar-refractivity contribution in [2.24, 2.45) is 4.99 Å². The van der Waals surface area contributed by atoms with Crippen LogP contribution in [0.3, 0.4) is 0 Å². The summed E-state index contributed by atoms with van der Waals surface area (Å²) in [6, 6.07) is 14.0. The van der Waals surface area contributed by atoms with E-state index < -0.39 is 0 Å². The Balaban J connectivity index is 1.42. The number of carbonyl (C=O) groups excluding carboxylic acids is 1. The molecule has 3 aromatic rings. The third-order valence-electron chi connectivity index (χ3n) is 7.14. The zero-order valence-electron chi connectivity index (χ0n) is 21.1. The van der Waals surface area contributed by atoms with Gasteiger partial charge in [0.2, 0.25) is 0 Å². The number of amides is 1. The Labute approximate surface area is 255 Å². The highest BCUT2D eigenvalue weighted by Crippen LogP contribution is 2.40. The van der Waals surface area contributed by atoms with Crippen molar-refractivity contribution in [2.45, 2.75) is 70.4 Å². The third-order valence-corrected chi connectivity index (χ3v) is 9.77. The van der Waals surface area contributed by atoms with E-state index in [0.717, 1.165) is 66.7 Å². The van der Waals surface area contributed by atoms with Crippen molar-refractivity contribution >= 4 is 73.6 Å². The summed E-state index contributed by atoms with van der Waals surface area (Å²) in [7, 11) is 0. The largest absolute Gasteiger partial charge is 0.487 e. The number of benzene rings is 2. The number of nitrogens with one attached hydrogen (secondary N) is 1. The zero-order chi connectivity index (χ0) is 26.5. The van der Waals surface area contributed by atoms with Gasteiger partial charge in [0.25, 0.3) is 5.91 Å². The molecule has 38 heavy (non-hydrogen) atoms. The van der Waals surface area contributed by atoms with Crippen molar-refractivity contribution in [3.8, 4) is 11.8 Å². The van der Waals surface area contributed by atoms with E-state index in [2.05, 4.69) is 68.7 Å². The first kappa shape index (κ1) is 27.6. The van der Waals surface area contributed by atoms with Gasteiger partial charge >= 0.3 is 0 Å². The average Bonchev–Trinajstić information content (AvgIpc) is 3.30. The van der Waals surface area contributed by atoms with E-state index in [1.165, 1.54) is 36.1 Å². The molecule has 196 valence electrons. The molecule has 0 bridgehead atoms. The van der Waals surface area contributed by atoms with Gasteiger partial charge in [0, 0.05) is 26.3 Å². The Morgan fingerprint density at radius 3 is 2.63 bits per heavy atom. The first-order valence-corrected chi connectivity index (χ1v) is 16.1. The minimum absolute atomic E-state index is 0.0398. The van der Waals surface area contributed by atoms with Crippen LogP contribution in [-0.2, 0) is 19.4 Å². The number of halogens is 2. The summed E-state index contributed by atoms with van der Waals surface area (Å²) in [4.78, 5) is 19.8. The van der Waals surface area contributed by atoms with E-state index in [1.54, 1.807) is 23.5 Å². The molecule has 5 nitrogen and oxygen atoms in total. The van der Waals surface area contributed by atoms with Crippen LogP contribution in [0, 0.1) is 18.5 Å². The molecular formula is C30H29I2N3O2S. The number of nitriles is 1. The molecule has 0 unspecified atom stereocenters. The summed E-state index contributed by atoms with van der Waals surface area (Å²) in [5, 5.41) is 13.2. The molecule has 0 radical (unpaired) electrons. The predicted octanol–water partition coefficient (Wildman–Crippen LogP) is 8.10. The average molecular weight is 749 g/mol. The Hall–Kier alpha value is -1.97. The normalized spacial score (nSPS) is 15.7. The summed E-state index contributed by atoms with van der Waals surface area (Å²) in [6.45, 7) is 0.394. The Kier molecular flexibility index (Phi) is 9.38. The molecule has 0 spiro atoms. The van der Waals surface area contributed by atoms with E-state index in [0.29, 0.717) is 12.2 Å². The van der Waals surface area contributed by atoms with E-state index in [4.69, 9.17) is 15.0 Å². The van der Waals surface area contributed by atoms with E-state index in [1.807, 2.05) is 18.3 Å². The molecule has 1 N–H and O–H groups in total. The fraction of sp³-hybridized carbons (Fsp3) is 0.367. The van der Waals surface area contributed by atoms with Gasteiger partial charge in [-0.3, -0.25) is 4.79 Å². The van der Waals surface area contributed by atoms with Crippen LogP contribution in [-0.4, -0.2) is 18.2 Å². The van der Waals surface area contributed by atoms with Gasteiger partial charge in [-0.15, -0.1) is 11.3 Å². The molecule has 2 aliphatic rings. The topological polar surface area (TPSA) is 74.5 Å². The number of nitrogens with zero attached hydrogens (tertiary/aromatic N) is 2. The molecule has 2 aromatic carbocycles. The molecule has 1 saturated carbocycles. The number of aliphatic imine (C=N–C) groups is 1. The van der Waals surface area contributed by atoms with E-state index in [-0.39, 0.29) is 11.9 Å². The minimum atomic E-state index is 0.0398. The number of rotatable bonds is 7. The van der Waals surface area contributed by atoms with Crippen LogP contribution >= 0.6 is 56.5 Å². The lowest BCUT2D eigenvalue weighted by atomic mass is 9.93. The Bertz CT molecular complexity index is 1390. The molecule has 1 fully saturated rings. The Morgan fingerprint density at radius 2 is 1.87 bits per heavy atom. The molecule has 0 atom stereocenters. The number of thiophene rings is 1. The number of ether oxygens (including phenoxy) is 1. The van der Waals surface area contributed by atoms with Crippen molar-refractivity contribution in [1.29, 1.82) is 5.26 Å². The van der Waals surface area contributed by atoms with Gasteiger partial charge in [0.05, 0.1) is 20.8 Å². The Morgan fingerprint density at radius 1 is 1.11 bits per heavy atom. The van der Waals surface area contributed by atoms with Crippen LogP contribution in [0.1, 0.15) is 82.4 Å². The first-order chi connectivity index (χ1) is 18.5. The number of aryl methyl sites for hydroxylation is 1. The molecule has 5 rings (SSSR count). The molecule has 1 heterocycles. The number of fused-ring (bicyclic) bond motifs is 1.